The number of hydrogen-bond donors (Lipinski definition) is 0. The third kappa shape index (κ3) is 3.74. The molecule has 150 valence electrons. The van der Waals surface area contributed by atoms with Crippen LogP contribution in [0.3, 0.4) is 0 Å². The molecule has 0 unspecified atom stereocenters. The SMILES string of the molecule is COc1ccc(-n2c(S[C@H]3CCCCC3=O)nc3ccccc3c2=O)cc1OC. The van der Waals surface area contributed by atoms with Crippen LogP contribution in [-0.2, 0) is 4.79 Å². The van der Waals surface area contributed by atoms with E-state index in [1.54, 1.807) is 43.1 Å². The lowest BCUT2D eigenvalue weighted by atomic mass is 9.99. The third-order valence-electron chi connectivity index (χ3n) is 5.12. The molecule has 2 aromatic carbocycles. The predicted octanol–water partition coefficient (Wildman–Crippen LogP) is 4.01. The summed E-state index contributed by atoms with van der Waals surface area (Å²) in [7, 11) is 3.12. The minimum Gasteiger partial charge on any atom is -0.493 e. The Morgan fingerprint density at radius 1 is 1.03 bits per heavy atom. The first-order valence-corrected chi connectivity index (χ1v) is 10.4. The molecule has 3 aromatic rings. The van der Waals surface area contributed by atoms with Crippen molar-refractivity contribution in [3.05, 3.63) is 52.8 Å². The summed E-state index contributed by atoms with van der Waals surface area (Å²) in [5.74, 6) is 1.33. The van der Waals surface area contributed by atoms with E-state index in [0.29, 0.717) is 39.7 Å². The number of methoxy groups -OCH3 is 2. The highest BCUT2D eigenvalue weighted by atomic mass is 32.2. The summed E-state index contributed by atoms with van der Waals surface area (Å²) >= 11 is 1.38. The van der Waals surface area contributed by atoms with Crippen LogP contribution in [-0.4, -0.2) is 34.8 Å². The fourth-order valence-electron chi connectivity index (χ4n) is 3.59. The number of ketones is 1. The number of para-hydroxylation sites is 1. The molecular weight excluding hydrogens is 388 g/mol. The van der Waals surface area contributed by atoms with E-state index in [-0.39, 0.29) is 16.6 Å². The average molecular weight is 410 g/mol. The Labute approximate surface area is 172 Å². The zero-order chi connectivity index (χ0) is 20.4. The zero-order valence-electron chi connectivity index (χ0n) is 16.4. The van der Waals surface area contributed by atoms with Gasteiger partial charge in [0.15, 0.2) is 16.7 Å². The molecule has 7 heteroatoms. The maximum atomic E-state index is 13.4. The summed E-state index contributed by atoms with van der Waals surface area (Å²) in [6, 6.07) is 12.6. The van der Waals surface area contributed by atoms with Crippen molar-refractivity contribution in [3.63, 3.8) is 0 Å². The Hall–Kier alpha value is -2.80. The van der Waals surface area contributed by atoms with Gasteiger partial charge in [0.2, 0.25) is 0 Å². The van der Waals surface area contributed by atoms with Crippen LogP contribution in [0.1, 0.15) is 25.7 Å². The molecule has 4 rings (SSSR count). The fraction of sp³-hybridized carbons (Fsp3) is 0.318. The molecule has 1 atom stereocenters. The smallest absolute Gasteiger partial charge is 0.266 e. The highest BCUT2D eigenvalue weighted by molar-refractivity contribution is 8.00. The van der Waals surface area contributed by atoms with Crippen molar-refractivity contribution in [2.75, 3.05) is 14.2 Å². The van der Waals surface area contributed by atoms with E-state index < -0.39 is 0 Å². The van der Waals surface area contributed by atoms with Gasteiger partial charge in [-0.25, -0.2) is 4.98 Å². The monoisotopic (exact) mass is 410 g/mol. The van der Waals surface area contributed by atoms with E-state index in [2.05, 4.69) is 0 Å². The molecule has 0 saturated heterocycles. The van der Waals surface area contributed by atoms with E-state index in [0.717, 1.165) is 19.3 Å². The number of aromatic nitrogens is 2. The van der Waals surface area contributed by atoms with Crippen molar-refractivity contribution < 1.29 is 14.3 Å². The van der Waals surface area contributed by atoms with Crippen LogP contribution >= 0.6 is 11.8 Å². The molecule has 6 nitrogen and oxygen atoms in total. The normalized spacial score (nSPS) is 16.8. The lowest BCUT2D eigenvalue weighted by Crippen LogP contribution is -2.26. The zero-order valence-corrected chi connectivity index (χ0v) is 17.2. The number of Topliss-reactive ketones (excluding diaryl/α,β-unsaturated/α-hetero) is 1. The van der Waals surface area contributed by atoms with E-state index in [4.69, 9.17) is 14.5 Å². The molecule has 0 bridgehead atoms. The number of nitrogens with zero attached hydrogens (tertiary/aromatic N) is 2. The van der Waals surface area contributed by atoms with Crippen LogP contribution < -0.4 is 15.0 Å². The molecule has 1 fully saturated rings. The van der Waals surface area contributed by atoms with E-state index in [1.807, 2.05) is 18.2 Å². The van der Waals surface area contributed by atoms with Gasteiger partial charge in [-0.3, -0.25) is 14.2 Å². The van der Waals surface area contributed by atoms with Crippen molar-refractivity contribution in [1.29, 1.82) is 0 Å². The molecule has 1 saturated carbocycles. The van der Waals surface area contributed by atoms with E-state index >= 15 is 0 Å². The van der Waals surface area contributed by atoms with Crippen molar-refractivity contribution in [2.24, 2.45) is 0 Å². The number of thioether (sulfide) groups is 1. The fourth-order valence-corrected chi connectivity index (χ4v) is 4.82. The Balaban J connectivity index is 1.90. The van der Waals surface area contributed by atoms with Gasteiger partial charge in [0.05, 0.1) is 36.1 Å². The number of benzene rings is 2. The van der Waals surface area contributed by atoms with Gasteiger partial charge in [0.25, 0.3) is 5.56 Å². The van der Waals surface area contributed by atoms with Crippen molar-refractivity contribution in [3.8, 4) is 17.2 Å². The molecule has 0 aliphatic heterocycles. The molecule has 1 aliphatic carbocycles. The molecule has 1 aliphatic rings. The van der Waals surface area contributed by atoms with E-state index in [9.17, 15) is 9.59 Å². The maximum absolute atomic E-state index is 13.4. The van der Waals surface area contributed by atoms with Gasteiger partial charge in [-0.2, -0.15) is 0 Å². The summed E-state index contributed by atoms with van der Waals surface area (Å²) in [5, 5.41) is 0.867. The lowest BCUT2D eigenvalue weighted by molar-refractivity contribution is -0.119. The second-order valence-electron chi connectivity index (χ2n) is 6.91. The van der Waals surface area contributed by atoms with Gasteiger partial charge in [0.1, 0.15) is 5.78 Å². The minimum absolute atomic E-state index is 0.173. The largest absolute Gasteiger partial charge is 0.493 e. The first kappa shape index (κ1) is 19.5. The van der Waals surface area contributed by atoms with Crippen LogP contribution in [0.4, 0.5) is 0 Å². The molecule has 0 radical (unpaired) electrons. The van der Waals surface area contributed by atoms with Crippen molar-refractivity contribution >= 4 is 28.4 Å². The molecule has 0 spiro atoms. The van der Waals surface area contributed by atoms with Crippen LogP contribution in [0.15, 0.2) is 52.4 Å². The number of rotatable bonds is 5. The number of carbonyl (C=O) groups excluding carboxylic acids is 1. The second-order valence-corrected chi connectivity index (χ2v) is 8.08. The Morgan fingerprint density at radius 3 is 2.59 bits per heavy atom. The highest BCUT2D eigenvalue weighted by Crippen LogP contribution is 2.34. The summed E-state index contributed by atoms with van der Waals surface area (Å²) in [5.41, 5.74) is 1.07. The maximum Gasteiger partial charge on any atom is 0.266 e. The van der Waals surface area contributed by atoms with Gasteiger partial charge < -0.3 is 9.47 Å². The second kappa shape index (κ2) is 8.29. The minimum atomic E-state index is -0.178. The van der Waals surface area contributed by atoms with Gasteiger partial charge in [-0.1, -0.05) is 30.3 Å². The Bertz CT molecular complexity index is 1130. The quantitative estimate of drug-likeness (QED) is 0.592. The van der Waals surface area contributed by atoms with Crippen LogP contribution in [0.2, 0.25) is 0 Å². The Kier molecular flexibility index (Phi) is 5.58. The van der Waals surface area contributed by atoms with Gasteiger partial charge in [-0.15, -0.1) is 0 Å². The molecule has 29 heavy (non-hydrogen) atoms. The first-order chi connectivity index (χ1) is 14.1. The number of carbonyl (C=O) groups is 1. The summed E-state index contributed by atoms with van der Waals surface area (Å²) < 4.78 is 12.3. The molecule has 0 amide bonds. The van der Waals surface area contributed by atoms with Gasteiger partial charge >= 0.3 is 0 Å². The molecular formula is C22H22N2O4S. The first-order valence-electron chi connectivity index (χ1n) is 9.56. The topological polar surface area (TPSA) is 70.4 Å². The molecule has 0 N–H and O–H groups in total. The summed E-state index contributed by atoms with van der Waals surface area (Å²) in [4.78, 5) is 30.5. The standard InChI is InChI=1S/C22H22N2O4S/c1-27-18-12-11-14(13-19(18)28-2)24-21(26)15-7-3-4-8-16(15)23-22(24)29-20-10-6-5-9-17(20)25/h3-4,7-8,11-13,20H,5-6,9-10H2,1-2H3/t20-/m0/s1. The van der Waals surface area contributed by atoms with Crippen LogP contribution in [0, 0.1) is 0 Å². The van der Waals surface area contributed by atoms with E-state index in [1.165, 1.54) is 11.8 Å². The van der Waals surface area contributed by atoms with Crippen LogP contribution in [0.25, 0.3) is 16.6 Å². The van der Waals surface area contributed by atoms with Crippen molar-refractivity contribution in [1.82, 2.24) is 9.55 Å². The van der Waals surface area contributed by atoms with Crippen molar-refractivity contribution in [2.45, 2.75) is 36.1 Å². The number of ether oxygens (including phenoxy) is 2. The van der Waals surface area contributed by atoms with Gasteiger partial charge in [-0.05, 0) is 37.1 Å². The van der Waals surface area contributed by atoms with Crippen LogP contribution in [0.5, 0.6) is 11.5 Å². The average Bonchev–Trinajstić information content (AvgIpc) is 2.75. The Morgan fingerprint density at radius 2 is 1.83 bits per heavy atom. The molecule has 1 aromatic heterocycles. The number of hydrogen-bond acceptors (Lipinski definition) is 6. The lowest BCUT2D eigenvalue weighted by Gasteiger charge is -2.21. The third-order valence-corrected chi connectivity index (χ3v) is 6.38. The summed E-state index contributed by atoms with van der Waals surface area (Å²) in [6.07, 6.45) is 3.34. The highest BCUT2D eigenvalue weighted by Gasteiger charge is 2.26. The van der Waals surface area contributed by atoms with Gasteiger partial charge in [0, 0.05) is 12.5 Å². The number of fused-ring (bicyclic) bond motifs is 1. The predicted molar refractivity (Wildman–Crippen MR) is 114 cm³/mol. The summed E-state index contributed by atoms with van der Waals surface area (Å²) in [6.45, 7) is 0. The molecule has 1 heterocycles.